The van der Waals surface area contributed by atoms with E-state index in [1.807, 2.05) is 0 Å². The van der Waals surface area contributed by atoms with Crippen LogP contribution in [0.2, 0.25) is 0 Å². The maximum Gasteiger partial charge on any atom is 0.301 e. The van der Waals surface area contributed by atoms with Crippen molar-refractivity contribution >= 4 is 5.91 Å². The van der Waals surface area contributed by atoms with Gasteiger partial charge in [0.2, 0.25) is 0 Å². The van der Waals surface area contributed by atoms with Crippen LogP contribution < -0.4 is 11.3 Å². The van der Waals surface area contributed by atoms with Crippen LogP contribution in [-0.4, -0.2) is 36.6 Å². The molecule has 2 rings (SSSR count). The Labute approximate surface area is 106 Å². The SMILES string of the molecule is CC1CN(Cc2ccoc2C(=O)NN)CCCO1. The maximum atomic E-state index is 11.5. The van der Waals surface area contributed by atoms with E-state index >= 15 is 0 Å². The molecule has 0 radical (unpaired) electrons. The van der Waals surface area contributed by atoms with Crippen LogP contribution in [0.1, 0.15) is 29.5 Å². The minimum atomic E-state index is -0.394. The third-order valence-electron chi connectivity index (χ3n) is 3.01. The van der Waals surface area contributed by atoms with Crippen LogP contribution in [0.4, 0.5) is 0 Å². The molecule has 1 aromatic heterocycles. The highest BCUT2D eigenvalue weighted by Crippen LogP contribution is 2.15. The molecule has 2 heterocycles. The van der Waals surface area contributed by atoms with Gasteiger partial charge in [-0.2, -0.15) is 0 Å². The van der Waals surface area contributed by atoms with Crippen LogP contribution in [0.3, 0.4) is 0 Å². The van der Waals surface area contributed by atoms with E-state index in [0.29, 0.717) is 6.54 Å². The summed E-state index contributed by atoms with van der Waals surface area (Å²) < 4.78 is 10.8. The summed E-state index contributed by atoms with van der Waals surface area (Å²) in [6.07, 6.45) is 2.73. The van der Waals surface area contributed by atoms with E-state index in [1.165, 1.54) is 6.26 Å². The zero-order valence-electron chi connectivity index (χ0n) is 10.5. The van der Waals surface area contributed by atoms with E-state index in [0.717, 1.165) is 31.7 Å². The average Bonchev–Trinajstić information content (AvgIpc) is 2.71. The van der Waals surface area contributed by atoms with E-state index < -0.39 is 5.91 Å². The molecule has 1 aliphatic rings. The quantitative estimate of drug-likeness (QED) is 0.465. The number of nitrogens with two attached hydrogens (primary N) is 1. The van der Waals surface area contributed by atoms with Crippen LogP contribution in [0.15, 0.2) is 16.7 Å². The number of furan rings is 1. The van der Waals surface area contributed by atoms with Crippen molar-refractivity contribution in [3.05, 3.63) is 23.7 Å². The molecule has 1 aromatic rings. The Kier molecular flexibility index (Phi) is 4.35. The van der Waals surface area contributed by atoms with Crippen LogP contribution in [-0.2, 0) is 11.3 Å². The van der Waals surface area contributed by atoms with E-state index in [2.05, 4.69) is 17.2 Å². The van der Waals surface area contributed by atoms with E-state index in [-0.39, 0.29) is 11.9 Å². The molecule has 1 unspecified atom stereocenters. The van der Waals surface area contributed by atoms with Gasteiger partial charge in [-0.15, -0.1) is 0 Å². The van der Waals surface area contributed by atoms with Crippen LogP contribution in [0.5, 0.6) is 0 Å². The average molecular weight is 253 g/mol. The largest absolute Gasteiger partial charge is 0.459 e. The lowest BCUT2D eigenvalue weighted by molar-refractivity contribution is 0.0667. The number of nitrogens with zero attached hydrogens (tertiary/aromatic N) is 1. The number of amides is 1. The van der Waals surface area contributed by atoms with Crippen molar-refractivity contribution in [2.75, 3.05) is 19.7 Å². The van der Waals surface area contributed by atoms with Crippen molar-refractivity contribution in [2.24, 2.45) is 5.84 Å². The normalized spacial score (nSPS) is 21.6. The molecule has 0 bridgehead atoms. The van der Waals surface area contributed by atoms with Gasteiger partial charge >= 0.3 is 5.91 Å². The molecule has 1 atom stereocenters. The number of carbonyl (C=O) groups excluding carboxylic acids is 1. The van der Waals surface area contributed by atoms with Crippen LogP contribution in [0, 0.1) is 0 Å². The zero-order chi connectivity index (χ0) is 13.0. The smallest absolute Gasteiger partial charge is 0.301 e. The third kappa shape index (κ3) is 3.10. The minimum absolute atomic E-state index is 0.214. The molecule has 1 saturated heterocycles. The molecule has 1 amide bonds. The summed E-state index contributed by atoms with van der Waals surface area (Å²) in [5.41, 5.74) is 2.94. The van der Waals surface area contributed by atoms with Crippen molar-refractivity contribution in [2.45, 2.75) is 26.0 Å². The Bertz CT molecular complexity index is 405. The van der Waals surface area contributed by atoms with Crippen molar-refractivity contribution < 1.29 is 13.9 Å². The third-order valence-corrected chi connectivity index (χ3v) is 3.01. The molecule has 18 heavy (non-hydrogen) atoms. The van der Waals surface area contributed by atoms with Gasteiger partial charge in [-0.1, -0.05) is 0 Å². The topological polar surface area (TPSA) is 80.7 Å². The van der Waals surface area contributed by atoms with Crippen molar-refractivity contribution in [3.8, 4) is 0 Å². The molecule has 0 saturated carbocycles. The lowest BCUT2D eigenvalue weighted by Gasteiger charge is -2.21. The summed E-state index contributed by atoms with van der Waals surface area (Å²) in [4.78, 5) is 13.8. The van der Waals surface area contributed by atoms with Gasteiger partial charge in [-0.3, -0.25) is 15.1 Å². The number of nitrogen functional groups attached to an aromatic ring is 1. The number of hydrazine groups is 1. The lowest BCUT2D eigenvalue weighted by atomic mass is 10.2. The van der Waals surface area contributed by atoms with Gasteiger partial charge in [0.1, 0.15) is 0 Å². The number of ether oxygens (including phenoxy) is 1. The van der Waals surface area contributed by atoms with Gasteiger partial charge in [0.05, 0.1) is 12.4 Å². The molecule has 3 N–H and O–H groups in total. The number of hydrogen-bond donors (Lipinski definition) is 2. The Morgan fingerprint density at radius 2 is 2.50 bits per heavy atom. The highest BCUT2D eigenvalue weighted by Gasteiger charge is 2.19. The maximum absolute atomic E-state index is 11.5. The molecular weight excluding hydrogens is 234 g/mol. The summed E-state index contributed by atoms with van der Waals surface area (Å²) in [6.45, 7) is 5.33. The first-order chi connectivity index (χ1) is 8.70. The van der Waals surface area contributed by atoms with Crippen molar-refractivity contribution in [1.82, 2.24) is 10.3 Å². The molecule has 6 heteroatoms. The minimum Gasteiger partial charge on any atom is -0.459 e. The fraction of sp³-hybridized carbons (Fsp3) is 0.583. The van der Waals surface area contributed by atoms with Gasteiger partial charge in [0.25, 0.3) is 0 Å². The Hall–Kier alpha value is -1.37. The van der Waals surface area contributed by atoms with Gasteiger partial charge < -0.3 is 9.15 Å². The molecule has 0 aromatic carbocycles. The lowest BCUT2D eigenvalue weighted by Crippen LogP contribution is -2.33. The Morgan fingerprint density at radius 3 is 3.28 bits per heavy atom. The standard InChI is InChI=1S/C12H19N3O3/c1-9-7-15(4-2-5-17-9)8-10-3-6-18-11(10)12(16)14-13/h3,6,9H,2,4-5,7-8,13H2,1H3,(H,14,16). The summed E-state index contributed by atoms with van der Waals surface area (Å²) in [5, 5.41) is 0. The highest BCUT2D eigenvalue weighted by molar-refractivity contribution is 5.92. The van der Waals surface area contributed by atoms with E-state index in [1.54, 1.807) is 6.07 Å². The number of hydrogen-bond acceptors (Lipinski definition) is 5. The molecule has 1 aliphatic heterocycles. The first-order valence-corrected chi connectivity index (χ1v) is 6.12. The van der Waals surface area contributed by atoms with E-state index in [4.69, 9.17) is 15.0 Å². The van der Waals surface area contributed by atoms with E-state index in [9.17, 15) is 4.79 Å². The zero-order valence-corrected chi connectivity index (χ0v) is 10.5. The van der Waals surface area contributed by atoms with Crippen molar-refractivity contribution in [1.29, 1.82) is 0 Å². The first kappa shape index (κ1) is 13.1. The van der Waals surface area contributed by atoms with Crippen LogP contribution in [0.25, 0.3) is 0 Å². The predicted octanol–water partition coefficient (Wildman–Crippen LogP) is 0.494. The summed E-state index contributed by atoms with van der Waals surface area (Å²) >= 11 is 0. The monoisotopic (exact) mass is 253 g/mol. The Balaban J connectivity index is 2.04. The van der Waals surface area contributed by atoms with Gasteiger partial charge in [0, 0.05) is 31.8 Å². The summed E-state index contributed by atoms with van der Waals surface area (Å²) in [7, 11) is 0. The fourth-order valence-corrected chi connectivity index (χ4v) is 2.19. The molecule has 6 nitrogen and oxygen atoms in total. The van der Waals surface area contributed by atoms with Gasteiger partial charge in [0.15, 0.2) is 5.76 Å². The highest BCUT2D eigenvalue weighted by atomic mass is 16.5. The summed E-state index contributed by atoms with van der Waals surface area (Å²) in [6, 6.07) is 1.81. The van der Waals surface area contributed by atoms with Gasteiger partial charge in [-0.25, -0.2) is 5.84 Å². The summed E-state index contributed by atoms with van der Waals surface area (Å²) in [5.74, 6) is 5.01. The number of carbonyl (C=O) groups is 1. The first-order valence-electron chi connectivity index (χ1n) is 6.12. The Morgan fingerprint density at radius 1 is 1.67 bits per heavy atom. The molecule has 0 spiro atoms. The molecule has 1 fully saturated rings. The second kappa shape index (κ2) is 5.99. The molecule has 100 valence electrons. The second-order valence-electron chi connectivity index (χ2n) is 4.52. The molecular formula is C12H19N3O3. The molecule has 0 aliphatic carbocycles. The number of nitrogens with one attached hydrogen (secondary N) is 1. The van der Waals surface area contributed by atoms with Gasteiger partial charge in [-0.05, 0) is 19.4 Å². The van der Waals surface area contributed by atoms with Crippen molar-refractivity contribution in [3.63, 3.8) is 0 Å². The second-order valence-corrected chi connectivity index (χ2v) is 4.52. The van der Waals surface area contributed by atoms with Crippen LogP contribution >= 0.6 is 0 Å². The predicted molar refractivity (Wildman–Crippen MR) is 65.7 cm³/mol. The fourth-order valence-electron chi connectivity index (χ4n) is 2.19. The number of rotatable bonds is 3.